The van der Waals surface area contributed by atoms with Gasteiger partial charge in [-0.2, -0.15) is 12.9 Å². The van der Waals surface area contributed by atoms with Crippen molar-refractivity contribution >= 4 is 43.0 Å². The Hall–Kier alpha value is -3.67. The van der Waals surface area contributed by atoms with Crippen LogP contribution in [0.25, 0.3) is 0 Å². The lowest BCUT2D eigenvalue weighted by atomic mass is 10.0. The summed E-state index contributed by atoms with van der Waals surface area (Å²) >= 11 is 0. The minimum Gasteiger partial charge on any atom is -0.429 e. The maximum Gasteiger partial charge on any atom is 0.298 e. The number of fused-ring (bicyclic) bond motifs is 6. The fraction of sp³-hybridized carbons (Fsp3) is 0.524. The van der Waals surface area contributed by atoms with Gasteiger partial charge in [0, 0.05) is 39.3 Å². The quantitative estimate of drug-likeness (QED) is 0.145. The van der Waals surface area contributed by atoms with E-state index < -0.39 is 30.1 Å². The molecule has 4 rings (SSSR count). The molecule has 16 heteroatoms. The highest BCUT2D eigenvalue weighted by Gasteiger charge is 2.29. The van der Waals surface area contributed by atoms with Crippen LogP contribution in [0.3, 0.4) is 0 Å². The summed E-state index contributed by atoms with van der Waals surface area (Å²) in [5.74, 6) is 0.162. The molecule has 13 nitrogen and oxygen atoms in total. The first-order valence-electron chi connectivity index (χ1n) is 19.7. The van der Waals surface area contributed by atoms with Crippen molar-refractivity contribution in [2.24, 2.45) is 17.8 Å². The number of rotatable bonds is 16. The molecular weight excluding hydrogens is 803 g/mol. The fourth-order valence-corrected chi connectivity index (χ4v) is 11.9. The molecule has 0 atom stereocenters. The van der Waals surface area contributed by atoms with Crippen molar-refractivity contribution < 1.29 is 44.3 Å². The van der Waals surface area contributed by atoms with Gasteiger partial charge < -0.3 is 9.47 Å². The number of nitrogens with zero attached hydrogens (tertiary/aromatic N) is 3. The van der Waals surface area contributed by atoms with E-state index in [0.717, 1.165) is 5.56 Å². The van der Waals surface area contributed by atoms with Gasteiger partial charge in [0.15, 0.2) is 0 Å². The number of ether oxygens (including phenoxy) is 2. The van der Waals surface area contributed by atoms with Gasteiger partial charge in [0.25, 0.3) is 12.9 Å². The van der Waals surface area contributed by atoms with Crippen molar-refractivity contribution in [2.75, 3.05) is 17.3 Å². The molecule has 6 bridgehead atoms. The molecule has 0 saturated carbocycles. The van der Waals surface area contributed by atoms with E-state index in [9.17, 15) is 34.8 Å². The highest BCUT2D eigenvalue weighted by Crippen LogP contribution is 2.29. The van der Waals surface area contributed by atoms with Crippen LogP contribution in [0.5, 0.6) is 11.5 Å². The molecule has 3 aromatic rings. The molecule has 1 heterocycles. The van der Waals surface area contributed by atoms with Crippen molar-refractivity contribution in [1.29, 1.82) is 0 Å². The zero-order chi connectivity index (χ0) is 42.8. The molecule has 0 spiro atoms. The second-order valence-electron chi connectivity index (χ2n) is 16.5. The number of sulfonamides is 3. The third-order valence-corrected chi connectivity index (χ3v) is 15.2. The van der Waals surface area contributed by atoms with E-state index in [1.54, 1.807) is 36.4 Å². The molecule has 320 valence electrons. The van der Waals surface area contributed by atoms with Gasteiger partial charge in [-0.1, -0.05) is 77.4 Å². The molecule has 0 saturated heterocycles. The Morgan fingerprint density at radius 3 is 0.931 bits per heavy atom. The van der Waals surface area contributed by atoms with Gasteiger partial charge in [-0.05, 0) is 102 Å². The van der Waals surface area contributed by atoms with E-state index in [4.69, 9.17) is 9.47 Å². The average Bonchev–Trinajstić information content (AvgIpc) is 3.11. The number of hydrogen-bond acceptors (Lipinski definition) is 10. The van der Waals surface area contributed by atoms with Crippen molar-refractivity contribution in [3.8, 4) is 11.5 Å². The van der Waals surface area contributed by atoms with Crippen LogP contribution in [0, 0.1) is 24.7 Å². The topological polar surface area (TPSA) is 165 Å². The molecule has 0 N–H and O–H groups in total. The van der Waals surface area contributed by atoms with Crippen molar-refractivity contribution in [3.05, 3.63) is 93.5 Å². The Morgan fingerprint density at radius 1 is 0.466 bits per heavy atom. The third kappa shape index (κ3) is 14.3. The minimum absolute atomic E-state index is 0.0343. The van der Waals surface area contributed by atoms with Crippen LogP contribution in [-0.4, -0.2) is 68.4 Å². The normalized spacial score (nSPS) is 15.6. The second kappa shape index (κ2) is 20.5. The number of benzene rings is 3. The molecule has 0 unspecified atom stereocenters. The zero-order valence-corrected chi connectivity index (χ0v) is 37.2. The Labute approximate surface area is 345 Å². The van der Waals surface area contributed by atoms with Crippen molar-refractivity contribution in [3.63, 3.8) is 0 Å². The molecule has 58 heavy (non-hydrogen) atoms. The molecule has 0 fully saturated rings. The summed E-state index contributed by atoms with van der Waals surface area (Å²) in [6.07, 6.45) is 1.22. The van der Waals surface area contributed by atoms with E-state index in [1.165, 1.54) is 12.9 Å². The molecule has 0 aliphatic carbocycles. The first-order valence-corrected chi connectivity index (χ1v) is 24.5. The molecule has 0 amide bonds. The van der Waals surface area contributed by atoms with Crippen LogP contribution >= 0.6 is 0 Å². The van der Waals surface area contributed by atoms with Gasteiger partial charge in [0.05, 0.1) is 17.3 Å². The monoisotopic (exact) mass is 861 g/mol. The van der Waals surface area contributed by atoms with E-state index in [0.29, 0.717) is 52.6 Å². The third-order valence-electron chi connectivity index (χ3n) is 9.81. The van der Waals surface area contributed by atoms with Gasteiger partial charge in [-0.25, -0.2) is 25.3 Å². The SMILES string of the molecule is Cc1cc2cc(c1)CN(S(=O)(=O)CCC(C)C)Cc1cc(cc(OC=O)c1)CN(S(=O)(=O)CCC(C)C)Cc1cc(cc(OC=O)c1)CN(S(=O)(=O)CCC(C)C)C2. The largest absolute Gasteiger partial charge is 0.429 e. The Balaban J connectivity index is 1.99. The second-order valence-corrected chi connectivity index (χ2v) is 22.8. The molecule has 0 radical (unpaired) electrons. The van der Waals surface area contributed by atoms with Crippen LogP contribution in [0.2, 0.25) is 0 Å². The average molecular weight is 862 g/mol. The number of carbonyl (C=O) groups excluding carboxylic acids is 2. The molecular formula is C42H59N3O10S3. The summed E-state index contributed by atoms with van der Waals surface area (Å²) in [6, 6.07) is 15.2. The van der Waals surface area contributed by atoms with Gasteiger partial charge >= 0.3 is 0 Å². The van der Waals surface area contributed by atoms with Crippen LogP contribution in [0.1, 0.15) is 99.7 Å². The first kappa shape index (κ1) is 47.0. The Morgan fingerprint density at radius 2 is 0.707 bits per heavy atom. The molecule has 1 aliphatic heterocycles. The maximum atomic E-state index is 14.1. The summed E-state index contributed by atoms with van der Waals surface area (Å²) < 4.78 is 99.3. The predicted octanol–water partition coefficient (Wildman–Crippen LogP) is 6.51. The Bertz CT molecular complexity index is 2090. The van der Waals surface area contributed by atoms with E-state index in [1.807, 2.05) is 66.7 Å². The van der Waals surface area contributed by atoms with Crippen LogP contribution in [0.4, 0.5) is 0 Å². The Kier molecular flexibility index (Phi) is 16.6. The van der Waals surface area contributed by atoms with Crippen LogP contribution < -0.4 is 9.47 Å². The van der Waals surface area contributed by atoms with Gasteiger partial charge in [-0.15, -0.1) is 0 Å². The summed E-state index contributed by atoms with van der Waals surface area (Å²) in [5.41, 5.74) is 3.95. The highest BCUT2D eigenvalue weighted by atomic mass is 32.2. The number of hydrogen-bond donors (Lipinski definition) is 0. The van der Waals surface area contributed by atoms with Crippen molar-refractivity contribution in [1.82, 2.24) is 12.9 Å². The summed E-state index contributed by atoms with van der Waals surface area (Å²) in [7, 11) is -11.7. The van der Waals surface area contributed by atoms with Gasteiger partial charge in [0.2, 0.25) is 30.1 Å². The van der Waals surface area contributed by atoms with Gasteiger partial charge in [-0.3, -0.25) is 9.59 Å². The lowest BCUT2D eigenvalue weighted by molar-refractivity contribution is -0.121. The maximum absolute atomic E-state index is 14.1. The first-order chi connectivity index (χ1) is 27.2. The van der Waals surface area contributed by atoms with E-state index in [-0.39, 0.29) is 98.7 Å². The smallest absolute Gasteiger partial charge is 0.298 e. The standard InChI is InChI=1S/C42H59N3O10S3/c1-31(2)8-11-56(48,49)43-23-35-14-34(7)15-36(16-35)24-44(57(50,51)12-9-32(3)4)26-38-18-40(22-42(20-38)55-30-47)28-45(58(52,53)13-10-33(5)6)27-39-17-37(25-43)19-41(21-39)54-29-46/h14-22,29-33H,8-13,23-28H2,1-7H3. The van der Waals surface area contributed by atoms with Crippen molar-refractivity contribution in [2.45, 2.75) is 107 Å². The zero-order valence-electron chi connectivity index (χ0n) is 34.7. The molecule has 1 aliphatic rings. The minimum atomic E-state index is -3.95. The molecule has 0 aromatic heterocycles. The number of aryl methyl sites for hydroxylation is 1. The van der Waals surface area contributed by atoms with E-state index in [2.05, 4.69) is 0 Å². The summed E-state index contributed by atoms with van der Waals surface area (Å²) in [4.78, 5) is 23.2. The predicted molar refractivity (Wildman–Crippen MR) is 225 cm³/mol. The molecule has 3 aromatic carbocycles. The van der Waals surface area contributed by atoms with E-state index >= 15 is 0 Å². The van der Waals surface area contributed by atoms with Crippen LogP contribution in [-0.2, 0) is 78.9 Å². The summed E-state index contributed by atoms with van der Waals surface area (Å²) in [6.45, 7) is 13.4. The van der Waals surface area contributed by atoms with Gasteiger partial charge in [0.1, 0.15) is 11.5 Å². The highest BCUT2D eigenvalue weighted by molar-refractivity contribution is 7.89. The summed E-state index contributed by atoms with van der Waals surface area (Å²) in [5, 5.41) is 0. The van der Waals surface area contributed by atoms with Crippen LogP contribution in [0.15, 0.2) is 54.6 Å². The lowest BCUT2D eigenvalue weighted by Crippen LogP contribution is -2.34. The number of carbonyl (C=O) groups is 2. The lowest BCUT2D eigenvalue weighted by Gasteiger charge is -2.27. The fourth-order valence-electron chi connectivity index (χ4n) is 6.72.